The number of carbonyl (C=O) groups excluding carboxylic acids is 1. The average Bonchev–Trinajstić information content (AvgIpc) is 3.03. The molecule has 128 valence electrons. The lowest BCUT2D eigenvalue weighted by atomic mass is 10.1. The van der Waals surface area contributed by atoms with Gasteiger partial charge in [0.2, 0.25) is 17.6 Å². The van der Waals surface area contributed by atoms with Crippen molar-refractivity contribution in [1.29, 1.82) is 0 Å². The molecule has 2 aromatic rings. The summed E-state index contributed by atoms with van der Waals surface area (Å²) in [6.07, 6.45) is 4.80. The number of amides is 1. The summed E-state index contributed by atoms with van der Waals surface area (Å²) >= 11 is 1.60. The molecule has 0 bridgehead atoms. The highest BCUT2D eigenvalue weighted by atomic mass is 32.1. The first-order valence-electron chi connectivity index (χ1n) is 8.64. The van der Waals surface area contributed by atoms with Crippen LogP contribution in [0.4, 0.5) is 0 Å². The molecule has 1 saturated heterocycles. The summed E-state index contributed by atoms with van der Waals surface area (Å²) in [6.45, 7) is 3.11. The summed E-state index contributed by atoms with van der Waals surface area (Å²) < 4.78 is 5.22. The fourth-order valence-corrected chi connectivity index (χ4v) is 3.87. The zero-order valence-corrected chi connectivity index (χ0v) is 14.4. The Morgan fingerprint density at radius 3 is 3.12 bits per heavy atom. The van der Waals surface area contributed by atoms with Crippen LogP contribution in [0.25, 0.3) is 11.4 Å². The van der Waals surface area contributed by atoms with Crippen molar-refractivity contribution in [2.45, 2.75) is 38.1 Å². The third kappa shape index (κ3) is 3.84. The van der Waals surface area contributed by atoms with Crippen LogP contribution in [-0.2, 0) is 11.2 Å². The van der Waals surface area contributed by atoms with Crippen LogP contribution in [-0.4, -0.2) is 46.6 Å². The Labute approximate surface area is 145 Å². The Morgan fingerprint density at radius 2 is 2.33 bits per heavy atom. The normalized spacial score (nSPS) is 21.2. The van der Waals surface area contributed by atoms with E-state index in [0.29, 0.717) is 30.5 Å². The van der Waals surface area contributed by atoms with E-state index >= 15 is 0 Å². The minimum Gasteiger partial charge on any atom is -0.356 e. The van der Waals surface area contributed by atoms with Crippen molar-refractivity contribution in [2.24, 2.45) is 5.92 Å². The number of carbonyl (C=O) groups is 1. The molecule has 0 unspecified atom stereocenters. The Bertz CT molecular complexity index is 681. The highest BCUT2D eigenvalue weighted by molar-refractivity contribution is 7.08. The maximum atomic E-state index is 12.0. The molecule has 2 fully saturated rings. The topological polar surface area (TPSA) is 71.3 Å². The molecule has 2 aliphatic rings. The minimum atomic E-state index is 0.0650. The quantitative estimate of drug-likeness (QED) is 0.833. The van der Waals surface area contributed by atoms with E-state index < -0.39 is 0 Å². The number of hydrogen-bond donors (Lipinski definition) is 1. The fourth-order valence-electron chi connectivity index (χ4n) is 3.23. The minimum absolute atomic E-state index is 0.0650. The van der Waals surface area contributed by atoms with Crippen molar-refractivity contribution in [2.75, 3.05) is 19.6 Å². The van der Waals surface area contributed by atoms with Gasteiger partial charge in [0.15, 0.2) is 0 Å². The first kappa shape index (κ1) is 15.8. The summed E-state index contributed by atoms with van der Waals surface area (Å²) in [5.41, 5.74) is 0.959. The number of likely N-dealkylation sites (tertiary alicyclic amines) is 1. The monoisotopic (exact) mass is 346 g/mol. The van der Waals surface area contributed by atoms with Crippen LogP contribution in [0.3, 0.4) is 0 Å². The van der Waals surface area contributed by atoms with Crippen molar-refractivity contribution >= 4 is 17.2 Å². The molecule has 0 aromatic carbocycles. The van der Waals surface area contributed by atoms with Crippen LogP contribution in [0, 0.1) is 5.92 Å². The van der Waals surface area contributed by atoms with E-state index in [2.05, 4.69) is 20.4 Å². The maximum Gasteiger partial charge on any atom is 0.227 e. The summed E-state index contributed by atoms with van der Waals surface area (Å²) in [7, 11) is 0. The van der Waals surface area contributed by atoms with E-state index in [1.165, 1.54) is 25.8 Å². The van der Waals surface area contributed by atoms with Gasteiger partial charge in [-0.15, -0.1) is 0 Å². The van der Waals surface area contributed by atoms with Crippen LogP contribution < -0.4 is 5.32 Å². The van der Waals surface area contributed by atoms with Gasteiger partial charge in [-0.1, -0.05) is 5.16 Å². The van der Waals surface area contributed by atoms with Crippen LogP contribution in [0.1, 0.15) is 31.6 Å². The Morgan fingerprint density at radius 1 is 1.42 bits per heavy atom. The second-order valence-corrected chi connectivity index (χ2v) is 7.49. The zero-order chi connectivity index (χ0) is 16.4. The number of hydrogen-bond acceptors (Lipinski definition) is 6. The van der Waals surface area contributed by atoms with Crippen LogP contribution in [0.15, 0.2) is 21.3 Å². The zero-order valence-electron chi connectivity index (χ0n) is 13.6. The fraction of sp³-hybridized carbons (Fsp3) is 0.588. The molecule has 6 nitrogen and oxygen atoms in total. The highest BCUT2D eigenvalue weighted by Crippen LogP contribution is 2.31. The smallest absolute Gasteiger partial charge is 0.227 e. The van der Waals surface area contributed by atoms with Gasteiger partial charge in [0.1, 0.15) is 0 Å². The molecule has 24 heavy (non-hydrogen) atoms. The van der Waals surface area contributed by atoms with Gasteiger partial charge in [0, 0.05) is 42.9 Å². The lowest BCUT2D eigenvalue weighted by Crippen LogP contribution is -2.31. The van der Waals surface area contributed by atoms with Gasteiger partial charge in [-0.2, -0.15) is 16.3 Å². The van der Waals surface area contributed by atoms with Gasteiger partial charge in [0.05, 0.1) is 0 Å². The number of thiophene rings is 1. The van der Waals surface area contributed by atoms with Crippen molar-refractivity contribution in [3.63, 3.8) is 0 Å². The van der Waals surface area contributed by atoms with Crippen molar-refractivity contribution in [3.05, 3.63) is 22.7 Å². The summed E-state index contributed by atoms with van der Waals surface area (Å²) in [5, 5.41) is 11.0. The molecular weight excluding hydrogens is 324 g/mol. The van der Waals surface area contributed by atoms with Gasteiger partial charge < -0.3 is 14.7 Å². The summed E-state index contributed by atoms with van der Waals surface area (Å²) in [6, 6.07) is 2.79. The lowest BCUT2D eigenvalue weighted by molar-refractivity contribution is -0.121. The SMILES string of the molecule is O=C(CCc1nc(-c2ccsc2)no1)NC[C@H]1CCN(C2CC2)C1. The number of aryl methyl sites for hydroxylation is 1. The van der Waals surface area contributed by atoms with E-state index in [4.69, 9.17) is 4.52 Å². The molecule has 7 heteroatoms. The van der Waals surface area contributed by atoms with E-state index in [0.717, 1.165) is 24.7 Å². The van der Waals surface area contributed by atoms with Gasteiger partial charge in [-0.05, 0) is 43.2 Å². The molecule has 1 N–H and O–H groups in total. The standard InChI is InChI=1S/C17H22N4O2S/c22-15(18-9-12-5-7-21(10-12)14-1-2-14)3-4-16-19-17(20-23-16)13-6-8-24-11-13/h6,8,11-12,14H,1-5,7,9-10H2,(H,18,22)/t12-/m1/s1. The second-order valence-electron chi connectivity index (χ2n) is 6.71. The van der Waals surface area contributed by atoms with Gasteiger partial charge in [-0.25, -0.2) is 0 Å². The van der Waals surface area contributed by atoms with Crippen molar-refractivity contribution in [1.82, 2.24) is 20.4 Å². The first-order chi connectivity index (χ1) is 11.8. The number of aromatic nitrogens is 2. The Balaban J connectivity index is 1.18. The molecule has 4 rings (SSSR count). The summed E-state index contributed by atoms with van der Waals surface area (Å²) in [5.74, 6) is 1.78. The molecular formula is C17H22N4O2S. The second kappa shape index (κ2) is 7.03. The molecule has 0 spiro atoms. The third-order valence-electron chi connectivity index (χ3n) is 4.78. The average molecular weight is 346 g/mol. The Kier molecular flexibility index (Phi) is 4.62. The lowest BCUT2D eigenvalue weighted by Gasteiger charge is -2.15. The molecule has 2 aromatic heterocycles. The maximum absolute atomic E-state index is 12.0. The van der Waals surface area contributed by atoms with Crippen LogP contribution in [0.5, 0.6) is 0 Å². The first-order valence-corrected chi connectivity index (χ1v) is 9.58. The van der Waals surface area contributed by atoms with Crippen LogP contribution in [0.2, 0.25) is 0 Å². The number of nitrogens with one attached hydrogen (secondary N) is 1. The number of nitrogens with zero attached hydrogens (tertiary/aromatic N) is 3. The van der Waals surface area contributed by atoms with E-state index in [9.17, 15) is 4.79 Å². The largest absolute Gasteiger partial charge is 0.356 e. The molecule has 0 radical (unpaired) electrons. The molecule has 1 saturated carbocycles. The summed E-state index contributed by atoms with van der Waals surface area (Å²) in [4.78, 5) is 18.9. The van der Waals surface area contributed by atoms with E-state index in [1.54, 1.807) is 11.3 Å². The Hall–Kier alpha value is -1.73. The van der Waals surface area contributed by atoms with Crippen molar-refractivity contribution in [3.8, 4) is 11.4 Å². The van der Waals surface area contributed by atoms with Gasteiger partial charge in [0.25, 0.3) is 0 Å². The predicted octanol–water partition coefficient (Wildman–Crippen LogP) is 2.33. The molecule has 1 atom stereocenters. The van der Waals surface area contributed by atoms with Gasteiger partial charge >= 0.3 is 0 Å². The van der Waals surface area contributed by atoms with Gasteiger partial charge in [-0.3, -0.25) is 4.79 Å². The molecule has 3 heterocycles. The third-order valence-corrected chi connectivity index (χ3v) is 5.47. The van der Waals surface area contributed by atoms with Crippen LogP contribution >= 0.6 is 11.3 Å². The molecule has 1 amide bonds. The predicted molar refractivity (Wildman–Crippen MR) is 91.6 cm³/mol. The molecule has 1 aliphatic heterocycles. The van der Waals surface area contributed by atoms with E-state index in [-0.39, 0.29) is 5.91 Å². The van der Waals surface area contributed by atoms with Crippen molar-refractivity contribution < 1.29 is 9.32 Å². The highest BCUT2D eigenvalue weighted by Gasteiger charge is 2.34. The number of rotatable bonds is 7. The molecule has 1 aliphatic carbocycles. The van der Waals surface area contributed by atoms with E-state index in [1.807, 2.05) is 16.8 Å².